The van der Waals surface area contributed by atoms with Gasteiger partial charge in [0, 0.05) is 26.9 Å². The van der Waals surface area contributed by atoms with E-state index in [1.54, 1.807) is 12.1 Å². The van der Waals surface area contributed by atoms with E-state index in [2.05, 4.69) is 21.2 Å². The number of ether oxygens (including phenoxy) is 2. The molecule has 2 aromatic rings. The summed E-state index contributed by atoms with van der Waals surface area (Å²) in [5.41, 5.74) is 2.37. The van der Waals surface area contributed by atoms with Gasteiger partial charge in [-0.3, -0.25) is 0 Å². The molecule has 0 aliphatic carbocycles. The molecule has 2 aromatic carbocycles. The number of carboxylic acid groups (broad SMARTS) is 1. The number of anilines is 1. The summed E-state index contributed by atoms with van der Waals surface area (Å²) in [6.07, 6.45) is -2.84. The number of hydrogen-bond donors (Lipinski definition) is 2. The summed E-state index contributed by atoms with van der Waals surface area (Å²) in [5.74, 6) is 0.398. The first-order valence-corrected chi connectivity index (χ1v) is 8.60. The zero-order chi connectivity index (χ0) is 17.0. The third kappa shape index (κ3) is 2.41. The maximum Gasteiger partial charge on any atom is 0.507 e. The molecule has 0 saturated carbocycles. The van der Waals surface area contributed by atoms with E-state index >= 15 is 0 Å². The quantitative estimate of drug-likeness (QED) is 0.616. The Morgan fingerprint density at radius 2 is 2.12 bits per heavy atom. The number of rotatable bonds is 1. The van der Waals surface area contributed by atoms with Crippen molar-refractivity contribution in [2.45, 2.75) is 18.2 Å². The van der Waals surface area contributed by atoms with Crippen LogP contribution in [-0.4, -0.2) is 23.6 Å². The smallest absolute Gasteiger partial charge is 0.482 e. The summed E-state index contributed by atoms with van der Waals surface area (Å²) in [6.45, 7) is 0. The SMILES string of the molecule is O=C(O)OC1Nc2cc(Cl)cc(Cl)c2C2c3cccc(Br)c3OC12. The first kappa shape index (κ1) is 15.9. The number of hydrogen-bond acceptors (Lipinski definition) is 4. The van der Waals surface area contributed by atoms with Crippen LogP contribution in [0.25, 0.3) is 0 Å². The Morgan fingerprint density at radius 1 is 1.33 bits per heavy atom. The zero-order valence-corrected chi connectivity index (χ0v) is 15.0. The number of fused-ring (bicyclic) bond motifs is 5. The van der Waals surface area contributed by atoms with Crippen LogP contribution in [0.5, 0.6) is 5.75 Å². The summed E-state index contributed by atoms with van der Waals surface area (Å²) in [5, 5.41) is 13.0. The van der Waals surface area contributed by atoms with Crippen LogP contribution in [0.1, 0.15) is 17.0 Å². The van der Waals surface area contributed by atoms with Gasteiger partial charge in [-0.15, -0.1) is 0 Å². The Bertz CT molecular complexity index is 860. The predicted molar refractivity (Wildman–Crippen MR) is 93.4 cm³/mol. The van der Waals surface area contributed by atoms with Gasteiger partial charge in [0.15, 0.2) is 6.10 Å². The number of benzene rings is 2. The van der Waals surface area contributed by atoms with Gasteiger partial charge in [0.2, 0.25) is 6.23 Å². The van der Waals surface area contributed by atoms with Crippen LogP contribution < -0.4 is 10.1 Å². The molecule has 4 rings (SSSR count). The van der Waals surface area contributed by atoms with Crippen LogP contribution >= 0.6 is 39.1 Å². The molecule has 0 amide bonds. The lowest BCUT2D eigenvalue weighted by Gasteiger charge is -2.35. The van der Waals surface area contributed by atoms with Crippen molar-refractivity contribution < 1.29 is 19.4 Å². The molecule has 2 aliphatic heterocycles. The van der Waals surface area contributed by atoms with Gasteiger partial charge in [0.1, 0.15) is 5.75 Å². The number of nitrogens with one attached hydrogen (secondary N) is 1. The molecule has 0 fully saturated rings. The highest BCUT2D eigenvalue weighted by Gasteiger charge is 2.48. The van der Waals surface area contributed by atoms with Crippen molar-refractivity contribution in [2.24, 2.45) is 0 Å². The Hall–Kier alpha value is -1.63. The van der Waals surface area contributed by atoms with Crippen molar-refractivity contribution in [3.63, 3.8) is 0 Å². The van der Waals surface area contributed by atoms with Crippen molar-refractivity contribution >= 4 is 51.0 Å². The standard InChI is InChI=1S/C16H10BrCl2NO4/c17-8-3-1-2-7-11-12-9(19)4-6(18)5-10(12)20-15(24-16(21)22)14(11)23-13(7)8/h1-5,11,14-15,20H,(H,21,22). The molecular weight excluding hydrogens is 421 g/mol. The average molecular weight is 431 g/mol. The van der Waals surface area contributed by atoms with Crippen LogP contribution in [0.15, 0.2) is 34.8 Å². The Morgan fingerprint density at radius 3 is 2.88 bits per heavy atom. The molecule has 2 aliphatic rings. The van der Waals surface area contributed by atoms with Crippen LogP contribution in [0, 0.1) is 0 Å². The largest absolute Gasteiger partial charge is 0.507 e. The second kappa shape index (κ2) is 5.72. The highest BCUT2D eigenvalue weighted by Crippen LogP contribution is 2.53. The summed E-state index contributed by atoms with van der Waals surface area (Å²) < 4.78 is 11.8. The van der Waals surface area contributed by atoms with E-state index in [0.717, 1.165) is 15.6 Å². The van der Waals surface area contributed by atoms with Crippen LogP contribution in [0.4, 0.5) is 10.5 Å². The lowest BCUT2D eigenvalue weighted by Crippen LogP contribution is -2.46. The van der Waals surface area contributed by atoms with Gasteiger partial charge in [-0.2, -0.15) is 0 Å². The summed E-state index contributed by atoms with van der Waals surface area (Å²) in [4.78, 5) is 11.1. The first-order valence-electron chi connectivity index (χ1n) is 7.06. The van der Waals surface area contributed by atoms with Gasteiger partial charge in [-0.1, -0.05) is 35.3 Å². The van der Waals surface area contributed by atoms with Crippen molar-refractivity contribution in [3.05, 3.63) is 56.0 Å². The topological polar surface area (TPSA) is 67.8 Å². The lowest BCUT2D eigenvalue weighted by molar-refractivity contribution is 0.00557. The minimum Gasteiger partial charge on any atom is -0.482 e. The summed E-state index contributed by atoms with van der Waals surface area (Å²) in [7, 11) is 0. The van der Waals surface area contributed by atoms with E-state index in [1.165, 1.54) is 0 Å². The number of carbonyl (C=O) groups is 1. The monoisotopic (exact) mass is 429 g/mol. The van der Waals surface area contributed by atoms with Gasteiger partial charge < -0.3 is 19.9 Å². The molecule has 3 atom stereocenters. The highest BCUT2D eigenvalue weighted by atomic mass is 79.9. The third-order valence-electron chi connectivity index (χ3n) is 4.14. The zero-order valence-electron chi connectivity index (χ0n) is 11.9. The van der Waals surface area contributed by atoms with E-state index in [4.69, 9.17) is 37.8 Å². The second-order valence-corrected chi connectivity index (χ2v) is 7.21. The van der Waals surface area contributed by atoms with Gasteiger partial charge in [0.25, 0.3) is 0 Å². The highest BCUT2D eigenvalue weighted by molar-refractivity contribution is 9.10. The van der Waals surface area contributed by atoms with Gasteiger partial charge in [-0.25, -0.2) is 4.79 Å². The van der Waals surface area contributed by atoms with E-state index in [0.29, 0.717) is 21.5 Å². The molecule has 0 radical (unpaired) electrons. The second-order valence-electron chi connectivity index (χ2n) is 5.52. The fourth-order valence-corrected chi connectivity index (χ4v) is 4.38. The van der Waals surface area contributed by atoms with Crippen LogP contribution in [0.2, 0.25) is 10.0 Å². The van der Waals surface area contributed by atoms with E-state index in [-0.39, 0.29) is 5.92 Å². The molecule has 2 heterocycles. The molecule has 2 N–H and O–H groups in total. The minimum absolute atomic E-state index is 0.261. The average Bonchev–Trinajstić information content (AvgIpc) is 2.87. The first-order chi connectivity index (χ1) is 11.5. The molecule has 124 valence electrons. The van der Waals surface area contributed by atoms with Crippen molar-refractivity contribution in [2.75, 3.05) is 5.32 Å². The number of para-hydroxylation sites is 1. The van der Waals surface area contributed by atoms with Crippen LogP contribution in [-0.2, 0) is 4.74 Å². The molecule has 0 saturated heterocycles. The van der Waals surface area contributed by atoms with E-state index in [9.17, 15) is 4.79 Å². The van der Waals surface area contributed by atoms with Crippen molar-refractivity contribution in [1.82, 2.24) is 0 Å². The lowest BCUT2D eigenvalue weighted by atomic mass is 9.83. The molecule has 8 heteroatoms. The van der Waals surface area contributed by atoms with E-state index in [1.807, 2.05) is 18.2 Å². The third-order valence-corrected chi connectivity index (χ3v) is 5.30. The Balaban J connectivity index is 1.91. The van der Waals surface area contributed by atoms with Gasteiger partial charge >= 0.3 is 6.16 Å². The predicted octanol–water partition coefficient (Wildman–Crippen LogP) is 5.10. The molecule has 3 unspecified atom stereocenters. The maximum absolute atomic E-state index is 11.1. The van der Waals surface area contributed by atoms with Gasteiger partial charge in [0.05, 0.1) is 10.4 Å². The number of halogens is 3. The minimum atomic E-state index is -1.39. The fourth-order valence-electron chi connectivity index (χ4n) is 3.29. The van der Waals surface area contributed by atoms with Crippen molar-refractivity contribution in [1.29, 1.82) is 0 Å². The van der Waals surface area contributed by atoms with Gasteiger partial charge in [-0.05, 0) is 34.1 Å². The Labute approximate surface area is 155 Å². The Kier molecular flexibility index (Phi) is 3.78. The molecule has 24 heavy (non-hydrogen) atoms. The van der Waals surface area contributed by atoms with Crippen molar-refractivity contribution in [3.8, 4) is 5.75 Å². The maximum atomic E-state index is 11.1. The van der Waals surface area contributed by atoms with E-state index < -0.39 is 18.5 Å². The molecule has 0 aromatic heterocycles. The summed E-state index contributed by atoms with van der Waals surface area (Å²) in [6, 6.07) is 9.05. The fraction of sp³-hybridized carbons (Fsp3) is 0.188. The van der Waals surface area contributed by atoms with Crippen LogP contribution in [0.3, 0.4) is 0 Å². The molecule has 0 bridgehead atoms. The molecule has 0 spiro atoms. The molecular formula is C16H10BrCl2NO4. The molecule has 5 nitrogen and oxygen atoms in total. The normalized spacial score (nSPS) is 23.4. The summed E-state index contributed by atoms with van der Waals surface area (Å²) >= 11 is 16.0.